The average Bonchev–Trinajstić information content (AvgIpc) is 2.78. The van der Waals surface area contributed by atoms with Crippen molar-refractivity contribution in [2.24, 2.45) is 0 Å². The van der Waals surface area contributed by atoms with Gasteiger partial charge in [-0.15, -0.1) is 0 Å². The Morgan fingerprint density at radius 2 is 1.67 bits per heavy atom. The lowest BCUT2D eigenvalue weighted by molar-refractivity contribution is -0.153. The highest BCUT2D eigenvalue weighted by Gasteiger charge is 2.50. The summed E-state index contributed by atoms with van der Waals surface area (Å²) in [6.07, 6.45) is -4.71. The molecule has 4 rings (SSSR count). The molecule has 14 heteroatoms. The fraction of sp³-hybridized carbons (Fsp3) is 0.737. The largest absolute Gasteiger partial charge is 0.410 e. The Morgan fingerprint density at radius 1 is 0.970 bits per heavy atom. The molecule has 3 aliphatic rings. The van der Waals surface area contributed by atoms with Crippen LogP contribution < -0.4 is 15.4 Å². The van der Waals surface area contributed by atoms with E-state index in [0.29, 0.717) is 25.4 Å². The van der Waals surface area contributed by atoms with Crippen LogP contribution in [0.5, 0.6) is 0 Å². The van der Waals surface area contributed by atoms with E-state index in [1.807, 2.05) is 11.8 Å². The molecule has 0 amide bonds. The van der Waals surface area contributed by atoms with Gasteiger partial charge in [0.05, 0.1) is 26.4 Å². The van der Waals surface area contributed by atoms with Crippen molar-refractivity contribution in [2.75, 3.05) is 75.5 Å². The molecular formula is C19H28F3N5O5S. The van der Waals surface area contributed by atoms with E-state index in [0.717, 1.165) is 13.5 Å². The molecule has 10 nitrogen and oxygen atoms in total. The van der Waals surface area contributed by atoms with E-state index in [1.54, 1.807) is 0 Å². The molecule has 1 N–H and O–H groups in total. The van der Waals surface area contributed by atoms with Gasteiger partial charge in [0, 0.05) is 63.1 Å². The third kappa shape index (κ3) is 5.14. The van der Waals surface area contributed by atoms with Crippen molar-refractivity contribution in [1.29, 1.82) is 0 Å². The second-order valence-corrected chi connectivity index (χ2v) is 10.3. The number of ether oxygens (including phenoxy) is 2. The number of hydrogen-bond acceptors (Lipinski definition) is 7. The van der Waals surface area contributed by atoms with Crippen LogP contribution in [0.1, 0.15) is 6.92 Å². The van der Waals surface area contributed by atoms with Crippen LogP contribution in [0.15, 0.2) is 16.9 Å². The lowest BCUT2D eigenvalue weighted by Gasteiger charge is -2.44. The third-order valence-electron chi connectivity index (χ3n) is 6.17. The van der Waals surface area contributed by atoms with Crippen LogP contribution in [0.2, 0.25) is 0 Å². The Morgan fingerprint density at radius 3 is 2.33 bits per heavy atom. The van der Waals surface area contributed by atoms with Crippen molar-refractivity contribution in [3.8, 4) is 0 Å². The Hall–Kier alpha value is -1.87. The minimum Gasteiger partial charge on any atom is -0.379 e. The second-order valence-electron chi connectivity index (χ2n) is 8.33. The fourth-order valence-corrected chi connectivity index (χ4v) is 6.00. The number of H-pyrrole nitrogens is 1. The lowest BCUT2D eigenvalue weighted by Crippen LogP contribution is -2.62. The first kappa shape index (κ1) is 24.3. The molecule has 0 aromatic carbocycles. The van der Waals surface area contributed by atoms with E-state index in [4.69, 9.17) is 9.47 Å². The van der Waals surface area contributed by atoms with Gasteiger partial charge in [-0.2, -0.15) is 30.2 Å². The molecule has 186 valence electrons. The number of rotatable bonds is 4. The zero-order valence-electron chi connectivity index (χ0n) is 18.3. The lowest BCUT2D eigenvalue weighted by atomic mass is 10.1. The van der Waals surface area contributed by atoms with E-state index >= 15 is 0 Å². The van der Waals surface area contributed by atoms with Crippen molar-refractivity contribution in [1.82, 2.24) is 13.6 Å². The van der Waals surface area contributed by atoms with Crippen LogP contribution in [0.3, 0.4) is 0 Å². The van der Waals surface area contributed by atoms with Crippen LogP contribution in [-0.4, -0.2) is 106 Å². The summed E-state index contributed by atoms with van der Waals surface area (Å²) in [5.41, 5.74) is -0.0145. The minimum absolute atomic E-state index is 0.0157. The molecule has 0 bridgehead atoms. The minimum atomic E-state index is -4.71. The molecule has 1 aromatic rings. The monoisotopic (exact) mass is 495 g/mol. The first-order valence-electron chi connectivity index (χ1n) is 10.8. The third-order valence-corrected chi connectivity index (χ3v) is 8.17. The van der Waals surface area contributed by atoms with Gasteiger partial charge in [0.15, 0.2) is 0 Å². The quantitative estimate of drug-likeness (QED) is 0.639. The summed E-state index contributed by atoms with van der Waals surface area (Å²) in [4.78, 5) is 17.8. The maximum atomic E-state index is 14.1. The SMILES string of the molecule is CC1COCCN1c1cc(N2CCN(S(=O)(=O)N3CCOCC3)CC2C(F)(F)F)[nH]c(=O)c1. The first-order valence-corrected chi connectivity index (χ1v) is 12.2. The van der Waals surface area contributed by atoms with Gasteiger partial charge < -0.3 is 24.3 Å². The summed E-state index contributed by atoms with van der Waals surface area (Å²) >= 11 is 0. The molecule has 3 aliphatic heterocycles. The Kier molecular flexibility index (Phi) is 6.92. The van der Waals surface area contributed by atoms with Gasteiger partial charge in [-0.3, -0.25) is 4.79 Å². The number of aromatic amines is 1. The topological polar surface area (TPSA) is 98.4 Å². The standard InChI is InChI=1S/C19H28F3N5O5S/c1-14-13-32-9-6-26(14)15-10-17(23-18(28)11-15)27-3-2-25(12-16(27)19(20,21)22)33(29,30)24-4-7-31-8-5-24/h10-11,14,16H,2-9,12-13H2,1H3,(H,23,28). The van der Waals surface area contributed by atoms with Gasteiger partial charge in [-0.25, -0.2) is 0 Å². The second kappa shape index (κ2) is 9.41. The van der Waals surface area contributed by atoms with Crippen LogP contribution >= 0.6 is 0 Å². The number of aromatic nitrogens is 1. The molecule has 4 heterocycles. The summed E-state index contributed by atoms with van der Waals surface area (Å²) in [5, 5.41) is 0. The molecule has 3 saturated heterocycles. The molecule has 3 fully saturated rings. The zero-order chi connectivity index (χ0) is 23.8. The summed E-state index contributed by atoms with van der Waals surface area (Å²) in [5.74, 6) is 0.0157. The van der Waals surface area contributed by atoms with Crippen LogP contribution in [0.25, 0.3) is 0 Å². The van der Waals surface area contributed by atoms with Gasteiger partial charge in [0.2, 0.25) is 0 Å². The maximum Gasteiger partial charge on any atom is 0.410 e. The predicted octanol–water partition coefficient (Wildman–Crippen LogP) is 0.230. The van der Waals surface area contributed by atoms with Crippen LogP contribution in [0.4, 0.5) is 24.7 Å². The maximum absolute atomic E-state index is 14.1. The smallest absolute Gasteiger partial charge is 0.379 e. The molecule has 1 aromatic heterocycles. The fourth-order valence-electron chi connectivity index (χ4n) is 4.42. The Labute approximate surface area is 190 Å². The Balaban J connectivity index is 1.61. The zero-order valence-corrected chi connectivity index (χ0v) is 19.1. The molecule has 33 heavy (non-hydrogen) atoms. The van der Waals surface area contributed by atoms with Crippen molar-refractivity contribution >= 4 is 21.7 Å². The number of halogens is 3. The summed E-state index contributed by atoms with van der Waals surface area (Å²) < 4.78 is 80.7. The number of anilines is 2. The highest BCUT2D eigenvalue weighted by Crippen LogP contribution is 2.33. The number of nitrogens with zero attached hydrogens (tertiary/aromatic N) is 4. The predicted molar refractivity (Wildman–Crippen MR) is 115 cm³/mol. The number of morpholine rings is 2. The van der Waals surface area contributed by atoms with Crippen molar-refractivity contribution in [3.05, 3.63) is 22.5 Å². The Bertz CT molecular complexity index is 998. The van der Waals surface area contributed by atoms with Gasteiger partial charge in [-0.1, -0.05) is 0 Å². The van der Waals surface area contributed by atoms with Gasteiger partial charge in [0.25, 0.3) is 15.8 Å². The molecule has 2 atom stereocenters. The summed E-state index contributed by atoms with van der Waals surface area (Å²) in [7, 11) is -4.06. The highest BCUT2D eigenvalue weighted by molar-refractivity contribution is 7.86. The number of nitrogens with one attached hydrogen (secondary N) is 1. The van der Waals surface area contributed by atoms with Crippen molar-refractivity contribution in [3.63, 3.8) is 0 Å². The van der Waals surface area contributed by atoms with E-state index in [9.17, 15) is 26.4 Å². The van der Waals surface area contributed by atoms with Gasteiger partial charge >= 0.3 is 6.18 Å². The van der Waals surface area contributed by atoms with E-state index in [2.05, 4.69) is 4.98 Å². The van der Waals surface area contributed by atoms with E-state index < -0.39 is 34.5 Å². The highest BCUT2D eigenvalue weighted by atomic mass is 32.2. The number of pyridine rings is 1. The average molecular weight is 496 g/mol. The summed E-state index contributed by atoms with van der Waals surface area (Å²) in [6, 6.07) is 0.735. The number of piperazine rings is 1. The number of alkyl halides is 3. The van der Waals surface area contributed by atoms with E-state index in [1.165, 1.54) is 12.1 Å². The molecular weight excluding hydrogens is 467 g/mol. The molecule has 0 radical (unpaired) electrons. The van der Waals surface area contributed by atoms with Crippen molar-refractivity contribution in [2.45, 2.75) is 25.2 Å². The van der Waals surface area contributed by atoms with Crippen LogP contribution in [-0.2, 0) is 19.7 Å². The number of hydrogen-bond donors (Lipinski definition) is 1. The molecule has 0 saturated carbocycles. The van der Waals surface area contributed by atoms with Gasteiger partial charge in [-0.05, 0) is 6.92 Å². The van der Waals surface area contributed by atoms with Crippen LogP contribution in [0, 0.1) is 0 Å². The van der Waals surface area contributed by atoms with Gasteiger partial charge in [0.1, 0.15) is 11.9 Å². The van der Waals surface area contributed by atoms with E-state index in [-0.39, 0.29) is 51.3 Å². The molecule has 2 unspecified atom stereocenters. The molecule has 0 spiro atoms. The molecule has 0 aliphatic carbocycles. The normalized spacial score (nSPS) is 26.5. The first-order chi connectivity index (χ1) is 15.6. The van der Waals surface area contributed by atoms with Crippen molar-refractivity contribution < 1.29 is 31.1 Å². The summed E-state index contributed by atoms with van der Waals surface area (Å²) in [6.45, 7) is 2.83.